The molecule has 1 aromatic rings. The van der Waals surface area contributed by atoms with Crippen LogP contribution in [0.2, 0.25) is 0 Å². The summed E-state index contributed by atoms with van der Waals surface area (Å²) in [6.45, 7) is 3.03. The molecule has 2 heterocycles. The number of hydrogen-bond acceptors (Lipinski definition) is 2. The maximum atomic E-state index is 12.1. The number of likely N-dealkylation sites (tertiary alicyclic amines) is 1. The molecular formula is C11H17N3O. The van der Waals surface area contributed by atoms with Gasteiger partial charge in [-0.15, -0.1) is 0 Å². The molecule has 1 aliphatic heterocycles. The van der Waals surface area contributed by atoms with Gasteiger partial charge in [-0.05, 0) is 25.7 Å². The van der Waals surface area contributed by atoms with Crippen molar-refractivity contribution in [1.82, 2.24) is 14.5 Å². The van der Waals surface area contributed by atoms with Crippen LogP contribution in [-0.2, 0) is 0 Å². The lowest BCUT2D eigenvalue weighted by Gasteiger charge is -2.34. The molecule has 0 aromatic carbocycles. The first-order valence-corrected chi connectivity index (χ1v) is 5.62. The standard InChI is InChI=1S/C11H17N3O/c1-2-10-5-3-4-7-14(10)11(15)13-8-6-12-9-13/h6,8-10H,2-5,7H2,1H3. The Bertz CT molecular complexity index is 321. The SMILES string of the molecule is CCC1CCCCN1C(=O)n1ccnc1. The summed E-state index contributed by atoms with van der Waals surface area (Å²) >= 11 is 0. The second-order valence-electron chi connectivity index (χ2n) is 4.00. The Morgan fingerprint density at radius 2 is 2.40 bits per heavy atom. The summed E-state index contributed by atoms with van der Waals surface area (Å²) < 4.78 is 1.56. The van der Waals surface area contributed by atoms with Gasteiger partial charge in [0.05, 0.1) is 0 Å². The first-order chi connectivity index (χ1) is 7.33. The summed E-state index contributed by atoms with van der Waals surface area (Å²) in [5.41, 5.74) is 0. The van der Waals surface area contributed by atoms with Crippen LogP contribution >= 0.6 is 0 Å². The number of nitrogens with zero attached hydrogens (tertiary/aromatic N) is 3. The Morgan fingerprint density at radius 1 is 1.53 bits per heavy atom. The summed E-state index contributed by atoms with van der Waals surface area (Å²) in [5.74, 6) is 0. The van der Waals surface area contributed by atoms with Crippen molar-refractivity contribution in [1.29, 1.82) is 0 Å². The van der Waals surface area contributed by atoms with Gasteiger partial charge in [0.25, 0.3) is 0 Å². The van der Waals surface area contributed by atoms with E-state index >= 15 is 0 Å². The molecule has 1 fully saturated rings. The number of aromatic nitrogens is 2. The van der Waals surface area contributed by atoms with E-state index < -0.39 is 0 Å². The number of amides is 1. The molecule has 1 aromatic heterocycles. The fraction of sp³-hybridized carbons (Fsp3) is 0.636. The van der Waals surface area contributed by atoms with Crippen LogP contribution in [0, 0.1) is 0 Å². The first kappa shape index (κ1) is 10.2. The fourth-order valence-electron chi connectivity index (χ4n) is 2.20. The third-order valence-corrected chi connectivity index (χ3v) is 3.07. The van der Waals surface area contributed by atoms with Gasteiger partial charge >= 0.3 is 6.03 Å². The predicted octanol–water partition coefficient (Wildman–Crippen LogP) is 2.12. The van der Waals surface area contributed by atoms with Crippen molar-refractivity contribution >= 4 is 6.03 Å². The van der Waals surface area contributed by atoms with Gasteiger partial charge in [0.2, 0.25) is 0 Å². The minimum atomic E-state index is 0.0686. The minimum Gasteiger partial charge on any atom is -0.321 e. The van der Waals surface area contributed by atoms with E-state index in [2.05, 4.69) is 11.9 Å². The molecule has 1 amide bonds. The molecule has 0 spiro atoms. The number of carbonyl (C=O) groups is 1. The number of carbonyl (C=O) groups excluding carboxylic acids is 1. The number of hydrogen-bond donors (Lipinski definition) is 0. The van der Waals surface area contributed by atoms with E-state index in [1.807, 2.05) is 4.90 Å². The lowest BCUT2D eigenvalue weighted by atomic mass is 10.0. The summed E-state index contributed by atoms with van der Waals surface area (Å²) in [7, 11) is 0. The topological polar surface area (TPSA) is 38.1 Å². The zero-order valence-electron chi connectivity index (χ0n) is 9.09. The first-order valence-electron chi connectivity index (χ1n) is 5.62. The van der Waals surface area contributed by atoms with Crippen LogP contribution in [0.3, 0.4) is 0 Å². The Kier molecular flexibility index (Phi) is 3.04. The third kappa shape index (κ3) is 2.03. The van der Waals surface area contributed by atoms with Crippen molar-refractivity contribution in [2.45, 2.75) is 38.6 Å². The Hall–Kier alpha value is -1.32. The van der Waals surface area contributed by atoms with Crippen molar-refractivity contribution in [2.75, 3.05) is 6.54 Å². The number of piperidine rings is 1. The largest absolute Gasteiger partial charge is 0.329 e. The Labute approximate surface area is 89.9 Å². The minimum absolute atomic E-state index is 0.0686. The molecule has 0 N–H and O–H groups in total. The Balaban J connectivity index is 2.11. The molecule has 15 heavy (non-hydrogen) atoms. The van der Waals surface area contributed by atoms with Gasteiger partial charge in [0.1, 0.15) is 6.33 Å². The molecule has 4 heteroatoms. The van der Waals surface area contributed by atoms with E-state index in [0.717, 1.165) is 25.8 Å². The molecule has 1 atom stereocenters. The molecule has 1 saturated heterocycles. The summed E-state index contributed by atoms with van der Waals surface area (Å²) in [6, 6.07) is 0.479. The quantitative estimate of drug-likeness (QED) is 0.707. The van der Waals surface area contributed by atoms with Gasteiger partial charge in [-0.1, -0.05) is 6.92 Å². The van der Waals surface area contributed by atoms with E-state index in [9.17, 15) is 4.79 Å². The third-order valence-electron chi connectivity index (χ3n) is 3.07. The zero-order chi connectivity index (χ0) is 10.7. The predicted molar refractivity (Wildman–Crippen MR) is 57.7 cm³/mol. The lowest BCUT2D eigenvalue weighted by molar-refractivity contribution is 0.150. The van der Waals surface area contributed by atoms with Crippen LogP contribution in [0.1, 0.15) is 32.6 Å². The second kappa shape index (κ2) is 4.47. The van der Waals surface area contributed by atoms with Crippen molar-refractivity contribution in [3.8, 4) is 0 Å². The van der Waals surface area contributed by atoms with Gasteiger partial charge in [0.15, 0.2) is 0 Å². The van der Waals surface area contributed by atoms with Gasteiger partial charge in [0, 0.05) is 25.0 Å². The second-order valence-corrected chi connectivity index (χ2v) is 4.00. The number of imidazole rings is 1. The van der Waals surface area contributed by atoms with Crippen LogP contribution in [0.25, 0.3) is 0 Å². The normalized spacial score (nSPS) is 21.7. The van der Waals surface area contributed by atoms with E-state index in [1.54, 1.807) is 23.3 Å². The van der Waals surface area contributed by atoms with Crippen LogP contribution in [-0.4, -0.2) is 33.1 Å². The van der Waals surface area contributed by atoms with E-state index in [4.69, 9.17) is 0 Å². The smallest absolute Gasteiger partial charge is 0.321 e. The highest BCUT2D eigenvalue weighted by Crippen LogP contribution is 2.20. The van der Waals surface area contributed by atoms with Gasteiger partial charge in [-0.25, -0.2) is 9.78 Å². The van der Waals surface area contributed by atoms with E-state index in [0.29, 0.717) is 6.04 Å². The maximum absolute atomic E-state index is 12.1. The summed E-state index contributed by atoms with van der Waals surface area (Å²) in [6.07, 6.45) is 9.47. The summed E-state index contributed by atoms with van der Waals surface area (Å²) in [5, 5.41) is 0. The molecule has 0 radical (unpaired) electrons. The monoisotopic (exact) mass is 207 g/mol. The molecular weight excluding hydrogens is 190 g/mol. The highest BCUT2D eigenvalue weighted by atomic mass is 16.2. The molecule has 0 aliphatic carbocycles. The average Bonchev–Trinajstić information content (AvgIpc) is 2.81. The highest BCUT2D eigenvalue weighted by Gasteiger charge is 2.25. The van der Waals surface area contributed by atoms with Crippen molar-refractivity contribution < 1.29 is 4.79 Å². The van der Waals surface area contributed by atoms with Crippen molar-refractivity contribution in [3.05, 3.63) is 18.7 Å². The van der Waals surface area contributed by atoms with Crippen molar-refractivity contribution in [2.24, 2.45) is 0 Å². The van der Waals surface area contributed by atoms with Crippen LogP contribution in [0.4, 0.5) is 4.79 Å². The molecule has 1 aliphatic rings. The molecule has 0 bridgehead atoms. The highest BCUT2D eigenvalue weighted by molar-refractivity contribution is 5.77. The molecule has 1 unspecified atom stereocenters. The van der Waals surface area contributed by atoms with Gasteiger partial charge in [-0.3, -0.25) is 4.57 Å². The van der Waals surface area contributed by atoms with Crippen LogP contribution in [0.15, 0.2) is 18.7 Å². The average molecular weight is 207 g/mol. The maximum Gasteiger partial charge on any atom is 0.329 e. The van der Waals surface area contributed by atoms with Gasteiger partial charge in [-0.2, -0.15) is 0 Å². The number of rotatable bonds is 1. The zero-order valence-corrected chi connectivity index (χ0v) is 9.09. The van der Waals surface area contributed by atoms with Crippen LogP contribution in [0.5, 0.6) is 0 Å². The molecule has 4 nitrogen and oxygen atoms in total. The van der Waals surface area contributed by atoms with E-state index in [1.165, 1.54) is 6.42 Å². The lowest BCUT2D eigenvalue weighted by Crippen LogP contribution is -2.45. The molecule has 0 saturated carbocycles. The van der Waals surface area contributed by atoms with Gasteiger partial charge < -0.3 is 4.90 Å². The molecule has 82 valence electrons. The van der Waals surface area contributed by atoms with Crippen LogP contribution < -0.4 is 0 Å². The fourth-order valence-corrected chi connectivity index (χ4v) is 2.20. The van der Waals surface area contributed by atoms with Crippen molar-refractivity contribution in [3.63, 3.8) is 0 Å². The summed E-state index contributed by atoms with van der Waals surface area (Å²) in [4.78, 5) is 18.0. The van der Waals surface area contributed by atoms with E-state index in [-0.39, 0.29) is 6.03 Å². The Morgan fingerprint density at radius 3 is 3.07 bits per heavy atom. The molecule has 2 rings (SSSR count).